The van der Waals surface area contributed by atoms with Gasteiger partial charge in [-0.3, -0.25) is 0 Å². The molecule has 0 aliphatic carbocycles. The Labute approximate surface area is 146 Å². The summed E-state index contributed by atoms with van der Waals surface area (Å²) >= 11 is 12.8. The average molecular weight is 390 g/mol. The summed E-state index contributed by atoms with van der Waals surface area (Å²) in [6.45, 7) is 0. The van der Waals surface area contributed by atoms with Gasteiger partial charge in [0, 0.05) is 17.0 Å². The molecule has 120 valence electrons. The maximum Gasteiger partial charge on any atom is 0.367 e. The van der Waals surface area contributed by atoms with E-state index in [2.05, 4.69) is 5.16 Å². The highest BCUT2D eigenvalue weighted by atomic mass is 35.5. The summed E-state index contributed by atoms with van der Waals surface area (Å²) in [6, 6.07) is 6.03. The molecule has 1 aliphatic heterocycles. The highest BCUT2D eigenvalue weighted by molar-refractivity contribution is 7.93. The second-order valence-electron chi connectivity index (χ2n) is 4.73. The molecule has 0 saturated carbocycles. The van der Waals surface area contributed by atoms with Crippen LogP contribution in [0.1, 0.15) is 22.3 Å². The van der Waals surface area contributed by atoms with Crippen molar-refractivity contribution >= 4 is 56.1 Å². The number of nitrogens with zero attached hydrogens (tertiary/aromatic N) is 1. The van der Waals surface area contributed by atoms with Crippen LogP contribution in [-0.4, -0.2) is 25.9 Å². The zero-order valence-electron chi connectivity index (χ0n) is 11.5. The first-order valence-corrected chi connectivity index (χ1v) is 9.71. The number of benzene rings is 1. The predicted octanol–water partition coefficient (Wildman–Crippen LogP) is 3.79. The van der Waals surface area contributed by atoms with Crippen LogP contribution in [0.25, 0.3) is 0 Å². The van der Waals surface area contributed by atoms with Gasteiger partial charge in [-0.1, -0.05) is 28.4 Å². The van der Waals surface area contributed by atoms with Crippen LogP contribution < -0.4 is 0 Å². The number of halogens is 2. The van der Waals surface area contributed by atoms with E-state index in [1.807, 2.05) is 0 Å². The molecule has 3 rings (SSSR count). The number of fused-ring (bicyclic) bond motifs is 1. The van der Waals surface area contributed by atoms with Crippen molar-refractivity contribution in [2.45, 2.75) is 10.6 Å². The molecule has 0 fully saturated rings. The van der Waals surface area contributed by atoms with Crippen LogP contribution in [0, 0.1) is 0 Å². The van der Waals surface area contributed by atoms with Crippen molar-refractivity contribution in [2.24, 2.45) is 5.16 Å². The van der Waals surface area contributed by atoms with Crippen molar-refractivity contribution < 1.29 is 18.0 Å². The smallest absolute Gasteiger partial charge is 0.312 e. The SMILES string of the molecule is O=C(O/N=C1\CCS(=O)(=O)c2sccc21)c1ccc(Cl)cc1Cl. The van der Waals surface area contributed by atoms with Gasteiger partial charge < -0.3 is 4.84 Å². The fourth-order valence-electron chi connectivity index (χ4n) is 2.10. The minimum Gasteiger partial charge on any atom is -0.312 e. The molecule has 0 saturated heterocycles. The average Bonchev–Trinajstić information content (AvgIpc) is 2.97. The molecule has 0 N–H and O–H groups in total. The molecule has 23 heavy (non-hydrogen) atoms. The Balaban J connectivity index is 1.85. The van der Waals surface area contributed by atoms with E-state index in [1.54, 1.807) is 11.4 Å². The Morgan fingerprint density at radius 1 is 1.26 bits per heavy atom. The predicted molar refractivity (Wildman–Crippen MR) is 89.4 cm³/mol. The lowest BCUT2D eigenvalue weighted by Crippen LogP contribution is -2.20. The summed E-state index contributed by atoms with van der Waals surface area (Å²) in [4.78, 5) is 16.9. The highest BCUT2D eigenvalue weighted by Gasteiger charge is 2.29. The van der Waals surface area contributed by atoms with E-state index in [9.17, 15) is 13.2 Å². The zero-order chi connectivity index (χ0) is 16.6. The zero-order valence-corrected chi connectivity index (χ0v) is 14.6. The van der Waals surface area contributed by atoms with Gasteiger partial charge in [0.1, 0.15) is 4.21 Å². The summed E-state index contributed by atoms with van der Waals surface area (Å²) in [7, 11) is -3.27. The largest absolute Gasteiger partial charge is 0.367 e. The summed E-state index contributed by atoms with van der Waals surface area (Å²) in [5, 5.41) is 6.05. The third kappa shape index (κ3) is 3.28. The molecular formula is C14H9Cl2NO4S2. The lowest BCUT2D eigenvalue weighted by molar-refractivity contribution is 0.0516. The van der Waals surface area contributed by atoms with E-state index in [-0.39, 0.29) is 27.0 Å². The van der Waals surface area contributed by atoms with Crippen molar-refractivity contribution in [3.8, 4) is 0 Å². The van der Waals surface area contributed by atoms with E-state index in [4.69, 9.17) is 28.0 Å². The third-order valence-electron chi connectivity index (χ3n) is 3.22. The van der Waals surface area contributed by atoms with E-state index >= 15 is 0 Å². The molecule has 1 aromatic heterocycles. The van der Waals surface area contributed by atoms with Gasteiger partial charge in [-0.05, 0) is 29.6 Å². The molecule has 0 unspecified atom stereocenters. The second kappa shape index (κ2) is 6.24. The Kier molecular flexibility index (Phi) is 4.46. The van der Waals surface area contributed by atoms with Crippen LogP contribution in [0.3, 0.4) is 0 Å². The molecule has 0 atom stereocenters. The van der Waals surface area contributed by atoms with Crippen molar-refractivity contribution in [3.63, 3.8) is 0 Å². The third-order valence-corrected chi connectivity index (χ3v) is 7.05. The van der Waals surface area contributed by atoms with Crippen LogP contribution >= 0.6 is 34.5 Å². The molecule has 0 amide bonds. The Morgan fingerprint density at radius 3 is 2.78 bits per heavy atom. The van der Waals surface area contributed by atoms with Crippen LogP contribution in [0.5, 0.6) is 0 Å². The van der Waals surface area contributed by atoms with E-state index < -0.39 is 15.8 Å². The maximum atomic E-state index is 12.0. The molecule has 5 nitrogen and oxygen atoms in total. The van der Waals surface area contributed by atoms with Crippen LogP contribution in [-0.2, 0) is 14.7 Å². The molecule has 0 bridgehead atoms. The molecule has 2 heterocycles. The Bertz CT molecular complexity index is 919. The summed E-state index contributed by atoms with van der Waals surface area (Å²) < 4.78 is 24.1. The number of thiophene rings is 1. The highest BCUT2D eigenvalue weighted by Crippen LogP contribution is 2.30. The number of oxime groups is 1. The first-order chi connectivity index (χ1) is 10.9. The molecule has 1 aliphatic rings. The number of sulfone groups is 1. The molecule has 2 aromatic rings. The number of carbonyl (C=O) groups excluding carboxylic acids is 1. The van der Waals surface area contributed by atoms with Crippen molar-refractivity contribution in [2.75, 3.05) is 5.75 Å². The van der Waals surface area contributed by atoms with E-state index in [1.165, 1.54) is 18.2 Å². The Hall–Kier alpha value is -1.41. The van der Waals surface area contributed by atoms with Crippen LogP contribution in [0.2, 0.25) is 10.0 Å². The lowest BCUT2D eigenvalue weighted by Gasteiger charge is -2.13. The minimum atomic E-state index is -3.27. The van der Waals surface area contributed by atoms with Gasteiger partial charge in [0.05, 0.1) is 22.1 Å². The minimum absolute atomic E-state index is 0.0569. The molecule has 9 heteroatoms. The van der Waals surface area contributed by atoms with Crippen molar-refractivity contribution in [1.29, 1.82) is 0 Å². The fraction of sp³-hybridized carbons (Fsp3) is 0.143. The number of rotatable bonds is 2. The normalized spacial score (nSPS) is 17.7. The topological polar surface area (TPSA) is 72.8 Å². The first-order valence-electron chi connectivity index (χ1n) is 6.42. The summed E-state index contributed by atoms with van der Waals surface area (Å²) in [6.07, 6.45) is 0.188. The molecule has 1 aromatic carbocycles. The number of hydrogen-bond acceptors (Lipinski definition) is 6. The van der Waals surface area contributed by atoms with E-state index in [0.29, 0.717) is 16.3 Å². The van der Waals surface area contributed by atoms with Gasteiger partial charge in [0.25, 0.3) is 0 Å². The van der Waals surface area contributed by atoms with Gasteiger partial charge in [-0.15, -0.1) is 11.3 Å². The van der Waals surface area contributed by atoms with Crippen molar-refractivity contribution in [1.82, 2.24) is 0 Å². The quantitative estimate of drug-likeness (QED) is 0.578. The molecular weight excluding hydrogens is 381 g/mol. The second-order valence-corrected chi connectivity index (χ2v) is 8.80. The summed E-state index contributed by atoms with van der Waals surface area (Å²) in [5.41, 5.74) is 1.04. The standard InChI is InChI=1S/C14H9Cl2NO4S2/c15-8-1-2-9(11(16)7-8)13(18)21-17-12-4-6-23(19,20)14-10(12)3-5-22-14/h1-3,5,7H,4,6H2/b17-12+. The van der Waals surface area contributed by atoms with Gasteiger partial charge in [0.2, 0.25) is 0 Å². The maximum absolute atomic E-state index is 12.0. The molecule has 0 radical (unpaired) electrons. The number of hydrogen-bond donors (Lipinski definition) is 0. The van der Waals surface area contributed by atoms with Gasteiger partial charge >= 0.3 is 5.97 Å². The van der Waals surface area contributed by atoms with Crippen molar-refractivity contribution in [3.05, 3.63) is 50.8 Å². The first kappa shape index (κ1) is 16.4. The monoisotopic (exact) mass is 389 g/mol. The van der Waals surface area contributed by atoms with Crippen LogP contribution in [0.15, 0.2) is 39.0 Å². The lowest BCUT2D eigenvalue weighted by atomic mass is 10.1. The Morgan fingerprint density at radius 2 is 2.04 bits per heavy atom. The fourth-order valence-corrected chi connectivity index (χ4v) is 5.40. The molecule has 0 spiro atoms. The van der Waals surface area contributed by atoms with E-state index in [0.717, 1.165) is 11.3 Å². The summed E-state index contributed by atoms with van der Waals surface area (Å²) in [5.74, 6) is -0.789. The van der Waals surface area contributed by atoms with Crippen LogP contribution in [0.4, 0.5) is 0 Å². The van der Waals surface area contributed by atoms with Gasteiger partial charge in [-0.25, -0.2) is 13.2 Å². The number of carbonyl (C=O) groups is 1. The van der Waals surface area contributed by atoms with Gasteiger partial charge in [0.15, 0.2) is 9.84 Å². The van der Waals surface area contributed by atoms with Gasteiger partial charge in [-0.2, -0.15) is 0 Å².